The fraction of sp³-hybridized carbons (Fsp3) is 0.778. The van der Waals surface area contributed by atoms with E-state index >= 15 is 0 Å². The van der Waals surface area contributed by atoms with Crippen LogP contribution in [0.5, 0.6) is 0 Å². The Labute approximate surface area is 115 Å². The number of hydrogen-bond acceptors (Lipinski definition) is 0. The Bertz CT molecular complexity index is 341. The zero-order valence-corrected chi connectivity index (χ0v) is 13.6. The van der Waals surface area contributed by atoms with Gasteiger partial charge in [-0.2, -0.15) is 0 Å². The van der Waals surface area contributed by atoms with E-state index in [0.29, 0.717) is 5.41 Å². The van der Waals surface area contributed by atoms with Gasteiger partial charge >= 0.3 is 0 Å². The zero-order valence-electron chi connectivity index (χ0n) is 13.6. The highest BCUT2D eigenvalue weighted by Gasteiger charge is 2.31. The molecule has 0 bridgehead atoms. The van der Waals surface area contributed by atoms with Gasteiger partial charge in [-0.25, -0.2) is 0 Å². The Hall–Kier alpha value is -0.520. The second-order valence-electron chi connectivity index (χ2n) is 6.86. The fourth-order valence-electron chi connectivity index (χ4n) is 3.13. The first-order valence-electron chi connectivity index (χ1n) is 7.69. The number of hydrogen-bond donors (Lipinski definition) is 0. The molecule has 0 aromatic carbocycles. The monoisotopic (exact) mass is 248 g/mol. The van der Waals surface area contributed by atoms with Crippen LogP contribution in [0.3, 0.4) is 0 Å². The van der Waals surface area contributed by atoms with Gasteiger partial charge in [0.15, 0.2) is 0 Å². The summed E-state index contributed by atoms with van der Waals surface area (Å²) in [6.45, 7) is 16.4. The summed E-state index contributed by atoms with van der Waals surface area (Å²) in [5.74, 6) is 1.60. The van der Waals surface area contributed by atoms with E-state index < -0.39 is 0 Å². The van der Waals surface area contributed by atoms with Crippen molar-refractivity contribution in [3.8, 4) is 0 Å². The lowest BCUT2D eigenvalue weighted by Crippen LogP contribution is -2.12. The summed E-state index contributed by atoms with van der Waals surface area (Å²) in [4.78, 5) is 0. The highest BCUT2D eigenvalue weighted by atomic mass is 14.4. The molecule has 0 heterocycles. The SMILES string of the molecule is CCCC(C)(C)C(C)=CCCC(C)C1=C(C)C1C. The third-order valence-corrected chi connectivity index (χ3v) is 5.01. The van der Waals surface area contributed by atoms with Crippen molar-refractivity contribution in [3.63, 3.8) is 0 Å². The summed E-state index contributed by atoms with van der Waals surface area (Å²) in [7, 11) is 0. The maximum atomic E-state index is 2.48. The molecule has 104 valence electrons. The van der Waals surface area contributed by atoms with Gasteiger partial charge in [-0.3, -0.25) is 0 Å². The van der Waals surface area contributed by atoms with Gasteiger partial charge in [-0.05, 0) is 50.4 Å². The third-order valence-electron chi connectivity index (χ3n) is 5.01. The van der Waals surface area contributed by atoms with Crippen molar-refractivity contribution >= 4 is 0 Å². The second kappa shape index (κ2) is 6.08. The van der Waals surface area contributed by atoms with Crippen LogP contribution in [-0.4, -0.2) is 0 Å². The van der Waals surface area contributed by atoms with Gasteiger partial charge in [0.25, 0.3) is 0 Å². The largest absolute Gasteiger partial charge is 0.0850 e. The molecule has 2 atom stereocenters. The first-order valence-corrected chi connectivity index (χ1v) is 7.69. The van der Waals surface area contributed by atoms with Crippen molar-refractivity contribution in [1.82, 2.24) is 0 Å². The van der Waals surface area contributed by atoms with E-state index in [0.717, 1.165) is 11.8 Å². The molecule has 0 N–H and O–H groups in total. The maximum absolute atomic E-state index is 2.48. The van der Waals surface area contributed by atoms with Crippen LogP contribution in [-0.2, 0) is 0 Å². The van der Waals surface area contributed by atoms with Crippen LogP contribution in [0.2, 0.25) is 0 Å². The lowest BCUT2D eigenvalue weighted by atomic mass is 9.80. The molecule has 2 unspecified atom stereocenters. The third kappa shape index (κ3) is 3.73. The van der Waals surface area contributed by atoms with Crippen molar-refractivity contribution in [2.75, 3.05) is 0 Å². The molecule has 0 aliphatic heterocycles. The molecular weight excluding hydrogens is 216 g/mol. The van der Waals surface area contributed by atoms with Gasteiger partial charge in [0.05, 0.1) is 0 Å². The van der Waals surface area contributed by atoms with Crippen molar-refractivity contribution in [2.24, 2.45) is 17.3 Å². The topological polar surface area (TPSA) is 0 Å². The van der Waals surface area contributed by atoms with Crippen LogP contribution < -0.4 is 0 Å². The highest BCUT2D eigenvalue weighted by Crippen LogP contribution is 2.44. The molecule has 0 aromatic rings. The Balaban J connectivity index is 2.41. The van der Waals surface area contributed by atoms with Gasteiger partial charge < -0.3 is 0 Å². The number of allylic oxidation sites excluding steroid dienone is 4. The van der Waals surface area contributed by atoms with Crippen molar-refractivity contribution in [3.05, 3.63) is 22.8 Å². The molecule has 0 radical (unpaired) electrons. The van der Waals surface area contributed by atoms with Gasteiger partial charge in [-0.1, -0.05) is 63.8 Å². The van der Waals surface area contributed by atoms with Crippen molar-refractivity contribution in [1.29, 1.82) is 0 Å². The normalized spacial score (nSPS) is 22.4. The molecule has 1 aliphatic carbocycles. The van der Waals surface area contributed by atoms with Crippen molar-refractivity contribution in [2.45, 2.75) is 74.1 Å². The van der Waals surface area contributed by atoms with E-state index in [1.165, 1.54) is 25.7 Å². The molecule has 0 amide bonds. The predicted octanol–water partition coefficient (Wildman–Crippen LogP) is 6.14. The van der Waals surface area contributed by atoms with Crippen LogP contribution in [0.15, 0.2) is 22.8 Å². The molecule has 0 aromatic heterocycles. The van der Waals surface area contributed by atoms with Crippen LogP contribution in [0.1, 0.15) is 74.1 Å². The maximum Gasteiger partial charge on any atom is -0.00157 e. The Kier molecular flexibility index (Phi) is 5.25. The standard InChI is InChI=1S/C18H32/c1-8-12-18(6,7)14(3)11-9-10-13(2)17-15(4)16(17)5/h11,13,15H,8-10,12H2,1-7H3. The van der Waals surface area contributed by atoms with E-state index in [1.54, 1.807) is 16.7 Å². The van der Waals surface area contributed by atoms with Crippen LogP contribution in [0.4, 0.5) is 0 Å². The van der Waals surface area contributed by atoms with E-state index in [9.17, 15) is 0 Å². The molecule has 1 aliphatic rings. The van der Waals surface area contributed by atoms with E-state index in [4.69, 9.17) is 0 Å². The molecule has 0 heteroatoms. The van der Waals surface area contributed by atoms with Crippen LogP contribution in [0.25, 0.3) is 0 Å². The Morgan fingerprint density at radius 2 is 1.94 bits per heavy atom. The summed E-state index contributed by atoms with van der Waals surface area (Å²) in [5.41, 5.74) is 5.34. The average Bonchev–Trinajstić information content (AvgIpc) is 2.86. The van der Waals surface area contributed by atoms with E-state index in [-0.39, 0.29) is 0 Å². The number of rotatable bonds is 7. The van der Waals surface area contributed by atoms with Crippen molar-refractivity contribution < 1.29 is 0 Å². The minimum atomic E-state index is 0.389. The first-order chi connectivity index (χ1) is 8.31. The quantitative estimate of drug-likeness (QED) is 0.475. The molecule has 18 heavy (non-hydrogen) atoms. The molecular formula is C18H32. The highest BCUT2D eigenvalue weighted by molar-refractivity contribution is 5.39. The Morgan fingerprint density at radius 3 is 2.39 bits per heavy atom. The molecule has 0 fully saturated rings. The average molecular weight is 248 g/mol. The van der Waals surface area contributed by atoms with E-state index in [1.807, 2.05) is 0 Å². The summed E-state index contributed by atoms with van der Waals surface area (Å²) >= 11 is 0. The lowest BCUT2D eigenvalue weighted by Gasteiger charge is -2.25. The van der Waals surface area contributed by atoms with Gasteiger partial charge in [-0.15, -0.1) is 0 Å². The summed E-state index contributed by atoms with van der Waals surface area (Å²) in [5, 5.41) is 0. The van der Waals surface area contributed by atoms with Crippen LogP contribution >= 0.6 is 0 Å². The summed E-state index contributed by atoms with van der Waals surface area (Å²) in [6.07, 6.45) is 7.61. The zero-order chi connectivity index (χ0) is 13.9. The first kappa shape index (κ1) is 15.5. The second-order valence-corrected chi connectivity index (χ2v) is 6.86. The molecule has 0 spiro atoms. The molecule has 0 saturated carbocycles. The van der Waals surface area contributed by atoms with Crippen LogP contribution in [0, 0.1) is 17.3 Å². The minimum absolute atomic E-state index is 0.389. The summed E-state index contributed by atoms with van der Waals surface area (Å²) < 4.78 is 0. The van der Waals surface area contributed by atoms with E-state index in [2.05, 4.69) is 54.5 Å². The molecule has 0 saturated heterocycles. The van der Waals surface area contributed by atoms with Gasteiger partial charge in [0.2, 0.25) is 0 Å². The predicted molar refractivity (Wildman–Crippen MR) is 82.7 cm³/mol. The van der Waals surface area contributed by atoms with Gasteiger partial charge in [0, 0.05) is 0 Å². The summed E-state index contributed by atoms with van der Waals surface area (Å²) in [6, 6.07) is 0. The lowest BCUT2D eigenvalue weighted by molar-refractivity contribution is 0.400. The minimum Gasteiger partial charge on any atom is -0.0850 e. The Morgan fingerprint density at radius 1 is 1.39 bits per heavy atom. The van der Waals surface area contributed by atoms with Gasteiger partial charge in [0.1, 0.15) is 0 Å². The smallest absolute Gasteiger partial charge is 0.00157 e. The molecule has 1 rings (SSSR count). The molecule has 0 nitrogen and oxygen atoms in total. The fourth-order valence-corrected chi connectivity index (χ4v) is 3.13.